The van der Waals surface area contributed by atoms with Crippen molar-refractivity contribution in [2.75, 3.05) is 0 Å². The zero-order valence-corrected chi connectivity index (χ0v) is 8.57. The van der Waals surface area contributed by atoms with Crippen LogP contribution in [-0.4, -0.2) is 5.11 Å². The topological polar surface area (TPSA) is 44.0 Å². The van der Waals surface area contributed by atoms with E-state index in [2.05, 4.69) is 6.07 Å². The van der Waals surface area contributed by atoms with Gasteiger partial charge in [-0.1, -0.05) is 29.8 Å². The Kier molecular flexibility index (Phi) is 3.67. The van der Waals surface area contributed by atoms with Crippen LogP contribution in [0.2, 0.25) is 0 Å². The van der Waals surface area contributed by atoms with Crippen LogP contribution < -0.4 is 0 Å². The zero-order chi connectivity index (χ0) is 10.6. The molecule has 1 rings (SSSR count). The van der Waals surface area contributed by atoms with Crippen molar-refractivity contribution in [2.24, 2.45) is 5.92 Å². The number of aliphatic hydroxyl groups excluding tert-OH is 1. The molecule has 0 amide bonds. The van der Waals surface area contributed by atoms with Gasteiger partial charge in [0.2, 0.25) is 0 Å². The van der Waals surface area contributed by atoms with Crippen molar-refractivity contribution in [3.63, 3.8) is 0 Å². The van der Waals surface area contributed by atoms with Crippen LogP contribution in [0.5, 0.6) is 0 Å². The minimum atomic E-state index is -0.523. The van der Waals surface area contributed by atoms with Gasteiger partial charge in [-0.15, -0.1) is 0 Å². The second-order valence-electron chi connectivity index (χ2n) is 3.69. The summed E-state index contributed by atoms with van der Waals surface area (Å²) in [6.45, 7) is 3.82. The first-order valence-corrected chi connectivity index (χ1v) is 4.77. The predicted molar refractivity (Wildman–Crippen MR) is 55.5 cm³/mol. The van der Waals surface area contributed by atoms with Gasteiger partial charge in [-0.25, -0.2) is 0 Å². The minimum Gasteiger partial charge on any atom is -0.388 e. The lowest BCUT2D eigenvalue weighted by molar-refractivity contribution is 0.156. The summed E-state index contributed by atoms with van der Waals surface area (Å²) in [6.07, 6.45) is -0.0234. The molecule has 0 radical (unpaired) electrons. The molecule has 1 aromatic rings. The lowest BCUT2D eigenvalue weighted by atomic mass is 9.99. The van der Waals surface area contributed by atoms with Crippen LogP contribution in [0.1, 0.15) is 30.6 Å². The predicted octanol–water partition coefficient (Wildman–Crippen LogP) is 2.58. The van der Waals surface area contributed by atoms with E-state index in [4.69, 9.17) is 5.26 Å². The Morgan fingerprint density at radius 2 is 1.93 bits per heavy atom. The lowest BCUT2D eigenvalue weighted by Gasteiger charge is -2.11. The summed E-state index contributed by atoms with van der Waals surface area (Å²) >= 11 is 0. The van der Waals surface area contributed by atoms with Crippen LogP contribution in [0.4, 0.5) is 0 Å². The molecule has 2 atom stereocenters. The highest BCUT2D eigenvalue weighted by molar-refractivity contribution is 5.23. The fourth-order valence-corrected chi connectivity index (χ4v) is 1.31. The van der Waals surface area contributed by atoms with E-state index < -0.39 is 6.10 Å². The number of aliphatic hydroxyl groups is 1. The maximum absolute atomic E-state index is 9.76. The van der Waals surface area contributed by atoms with E-state index in [9.17, 15) is 5.11 Å². The Hall–Kier alpha value is -1.33. The maximum Gasteiger partial charge on any atom is 0.0802 e. The fourth-order valence-electron chi connectivity index (χ4n) is 1.31. The molecule has 1 aromatic carbocycles. The largest absolute Gasteiger partial charge is 0.388 e. The van der Waals surface area contributed by atoms with Crippen molar-refractivity contribution < 1.29 is 5.11 Å². The molecule has 0 fully saturated rings. The standard InChI is InChI=1S/C12H15NO/c1-9-3-5-11(6-4-9)12(14)7-10(2)8-13/h3-6,10,12,14H,7H2,1-2H3. The highest BCUT2D eigenvalue weighted by Gasteiger charge is 2.11. The normalized spacial score (nSPS) is 14.4. The highest BCUT2D eigenvalue weighted by Crippen LogP contribution is 2.20. The summed E-state index contributed by atoms with van der Waals surface area (Å²) in [5, 5.41) is 18.4. The third-order valence-electron chi connectivity index (χ3n) is 2.26. The Morgan fingerprint density at radius 1 is 1.36 bits per heavy atom. The van der Waals surface area contributed by atoms with Crippen LogP contribution in [-0.2, 0) is 0 Å². The molecule has 1 N–H and O–H groups in total. The average Bonchev–Trinajstić information content (AvgIpc) is 2.18. The van der Waals surface area contributed by atoms with Crippen LogP contribution >= 0.6 is 0 Å². The van der Waals surface area contributed by atoms with Crippen LogP contribution in [0.15, 0.2) is 24.3 Å². The molecule has 0 aromatic heterocycles. The Bertz CT molecular complexity index is 323. The lowest BCUT2D eigenvalue weighted by Crippen LogP contribution is -2.02. The summed E-state index contributed by atoms with van der Waals surface area (Å²) in [6, 6.07) is 9.87. The molecule has 14 heavy (non-hydrogen) atoms. The van der Waals surface area contributed by atoms with E-state index in [-0.39, 0.29) is 5.92 Å². The highest BCUT2D eigenvalue weighted by atomic mass is 16.3. The summed E-state index contributed by atoms with van der Waals surface area (Å²) in [5.74, 6) is -0.105. The van der Waals surface area contributed by atoms with Crippen LogP contribution in [0.25, 0.3) is 0 Å². The first kappa shape index (κ1) is 10.7. The van der Waals surface area contributed by atoms with Gasteiger partial charge in [0.25, 0.3) is 0 Å². The van der Waals surface area contributed by atoms with Gasteiger partial charge in [0.05, 0.1) is 12.2 Å². The molecule has 0 spiro atoms. The van der Waals surface area contributed by atoms with Gasteiger partial charge in [0, 0.05) is 5.92 Å². The third-order valence-corrected chi connectivity index (χ3v) is 2.26. The molecule has 74 valence electrons. The van der Waals surface area contributed by atoms with E-state index in [1.165, 1.54) is 5.56 Å². The summed E-state index contributed by atoms with van der Waals surface area (Å²) < 4.78 is 0. The van der Waals surface area contributed by atoms with Crippen molar-refractivity contribution in [3.8, 4) is 6.07 Å². The third kappa shape index (κ3) is 2.86. The summed E-state index contributed by atoms with van der Waals surface area (Å²) in [4.78, 5) is 0. The molecule has 2 nitrogen and oxygen atoms in total. The van der Waals surface area contributed by atoms with Crippen molar-refractivity contribution in [1.82, 2.24) is 0 Å². The monoisotopic (exact) mass is 189 g/mol. The number of nitriles is 1. The van der Waals surface area contributed by atoms with Gasteiger partial charge in [-0.3, -0.25) is 0 Å². The average molecular weight is 189 g/mol. The van der Waals surface area contributed by atoms with E-state index >= 15 is 0 Å². The number of rotatable bonds is 3. The minimum absolute atomic E-state index is 0.105. The number of benzene rings is 1. The number of aryl methyl sites for hydroxylation is 1. The second-order valence-corrected chi connectivity index (χ2v) is 3.69. The number of hydrogen-bond acceptors (Lipinski definition) is 2. The van der Waals surface area contributed by atoms with Gasteiger partial charge in [0.1, 0.15) is 0 Å². The molecule has 0 saturated carbocycles. The van der Waals surface area contributed by atoms with Crippen LogP contribution in [0.3, 0.4) is 0 Å². The van der Waals surface area contributed by atoms with Gasteiger partial charge in [0.15, 0.2) is 0 Å². The van der Waals surface area contributed by atoms with E-state index in [1.807, 2.05) is 38.1 Å². The van der Waals surface area contributed by atoms with Crippen LogP contribution in [0, 0.1) is 24.2 Å². The molecule has 0 heterocycles. The maximum atomic E-state index is 9.76. The molecule has 0 bridgehead atoms. The molecule has 0 saturated heterocycles. The Balaban J connectivity index is 2.66. The number of nitrogens with zero attached hydrogens (tertiary/aromatic N) is 1. The van der Waals surface area contributed by atoms with Crippen molar-refractivity contribution >= 4 is 0 Å². The quantitative estimate of drug-likeness (QED) is 0.794. The van der Waals surface area contributed by atoms with E-state index in [0.717, 1.165) is 5.56 Å². The van der Waals surface area contributed by atoms with Crippen molar-refractivity contribution in [1.29, 1.82) is 5.26 Å². The summed E-state index contributed by atoms with van der Waals surface area (Å²) in [7, 11) is 0. The van der Waals surface area contributed by atoms with Gasteiger partial charge in [-0.2, -0.15) is 5.26 Å². The van der Waals surface area contributed by atoms with Crippen molar-refractivity contribution in [3.05, 3.63) is 35.4 Å². The first-order chi connectivity index (χ1) is 6.63. The molecule has 0 aliphatic heterocycles. The van der Waals surface area contributed by atoms with Crippen molar-refractivity contribution in [2.45, 2.75) is 26.4 Å². The Morgan fingerprint density at radius 3 is 2.43 bits per heavy atom. The van der Waals surface area contributed by atoms with Gasteiger partial charge >= 0.3 is 0 Å². The molecular formula is C12H15NO. The number of hydrogen-bond donors (Lipinski definition) is 1. The SMILES string of the molecule is Cc1ccc(C(O)CC(C)C#N)cc1. The molecule has 0 aliphatic carbocycles. The van der Waals surface area contributed by atoms with E-state index in [1.54, 1.807) is 0 Å². The fraction of sp³-hybridized carbons (Fsp3) is 0.417. The van der Waals surface area contributed by atoms with E-state index in [0.29, 0.717) is 6.42 Å². The smallest absolute Gasteiger partial charge is 0.0802 e. The molecular weight excluding hydrogens is 174 g/mol. The molecule has 0 aliphatic rings. The molecule has 2 heteroatoms. The molecule has 2 unspecified atom stereocenters. The van der Waals surface area contributed by atoms with Gasteiger partial charge in [-0.05, 0) is 25.8 Å². The zero-order valence-electron chi connectivity index (χ0n) is 8.57. The second kappa shape index (κ2) is 4.78. The van der Waals surface area contributed by atoms with Gasteiger partial charge < -0.3 is 5.11 Å². The summed E-state index contributed by atoms with van der Waals surface area (Å²) in [5.41, 5.74) is 2.06. The Labute approximate surface area is 84.8 Å². The first-order valence-electron chi connectivity index (χ1n) is 4.77.